The topological polar surface area (TPSA) is 102 Å². The molecule has 276 valence electrons. The minimum atomic E-state index is -1.13. The zero-order valence-corrected chi connectivity index (χ0v) is 31.1. The van der Waals surface area contributed by atoms with Crippen LogP contribution in [0.4, 0.5) is 0 Å². The van der Waals surface area contributed by atoms with Gasteiger partial charge in [-0.05, 0) is 64.2 Å². The van der Waals surface area contributed by atoms with Crippen LogP contribution in [0.2, 0.25) is 0 Å². The van der Waals surface area contributed by atoms with Gasteiger partial charge in [-0.15, -0.1) is 0 Å². The maximum Gasteiger partial charge on any atom is 0.306 e. The molecule has 0 aromatic carbocycles. The summed E-state index contributed by atoms with van der Waals surface area (Å²) in [5, 5.41) is 11.6. The number of unbranched alkanes of at least 4 members (excludes halogenated alkanes) is 10. The number of carboxylic acids is 1. The number of carboxylic acid groups (broad SMARTS) is 1. The number of esters is 2. The van der Waals surface area contributed by atoms with E-state index in [1.807, 2.05) is 0 Å². The second-order valence-electron chi connectivity index (χ2n) is 13.4. The molecule has 0 aliphatic carbocycles. The number of nitrogens with zero attached hydrogens (tertiary/aromatic N) is 1. The molecule has 8 heteroatoms. The summed E-state index contributed by atoms with van der Waals surface area (Å²) in [5.74, 6) is -1.80. The number of rotatable bonds is 32. The molecule has 8 nitrogen and oxygen atoms in total. The Morgan fingerprint density at radius 3 is 1.77 bits per heavy atom. The molecule has 0 radical (unpaired) electrons. The Morgan fingerprint density at radius 1 is 0.646 bits per heavy atom. The molecule has 0 N–H and O–H groups in total. The summed E-state index contributed by atoms with van der Waals surface area (Å²) in [6.07, 6.45) is 34.2. The van der Waals surface area contributed by atoms with E-state index >= 15 is 0 Å². The van der Waals surface area contributed by atoms with Crippen molar-refractivity contribution in [2.75, 3.05) is 41.0 Å². The molecular formula is C40H69NO7. The van der Waals surface area contributed by atoms with Crippen molar-refractivity contribution >= 4 is 17.9 Å². The van der Waals surface area contributed by atoms with E-state index < -0.39 is 18.1 Å². The van der Waals surface area contributed by atoms with Crippen LogP contribution in [0.15, 0.2) is 48.6 Å². The molecule has 0 spiro atoms. The summed E-state index contributed by atoms with van der Waals surface area (Å²) in [7, 11) is 5.37. The van der Waals surface area contributed by atoms with Crippen molar-refractivity contribution in [1.82, 2.24) is 0 Å². The van der Waals surface area contributed by atoms with Crippen LogP contribution in [0.25, 0.3) is 0 Å². The summed E-state index contributed by atoms with van der Waals surface area (Å²) in [6, 6.07) is -0.731. The van der Waals surface area contributed by atoms with Crippen LogP contribution in [0, 0.1) is 0 Å². The number of hydrogen-bond donors (Lipinski definition) is 0. The predicted molar refractivity (Wildman–Crippen MR) is 194 cm³/mol. The van der Waals surface area contributed by atoms with Crippen molar-refractivity contribution in [3.05, 3.63) is 48.6 Å². The van der Waals surface area contributed by atoms with Gasteiger partial charge in [0.15, 0.2) is 6.10 Å². The van der Waals surface area contributed by atoms with E-state index in [0.717, 1.165) is 77.0 Å². The third-order valence-corrected chi connectivity index (χ3v) is 7.95. The molecule has 2 atom stereocenters. The SMILES string of the molecule is CC/C=C\C/C=C\C/C=C\CCCCCC(=O)OC(COCCC(C(=O)[O-])[N+](C)(C)C)COC(=O)CCCCCCC/C=C\CCCC. The van der Waals surface area contributed by atoms with Crippen LogP contribution in [-0.4, -0.2) is 75.5 Å². The van der Waals surface area contributed by atoms with Crippen molar-refractivity contribution in [2.45, 2.75) is 148 Å². The summed E-state index contributed by atoms with van der Waals surface area (Å²) in [5.41, 5.74) is 0. The molecule has 0 aromatic rings. The van der Waals surface area contributed by atoms with Crippen LogP contribution < -0.4 is 5.11 Å². The van der Waals surface area contributed by atoms with Gasteiger partial charge in [0, 0.05) is 19.3 Å². The molecule has 0 heterocycles. The Bertz CT molecular complexity index is 932. The van der Waals surface area contributed by atoms with Gasteiger partial charge in [-0.2, -0.15) is 0 Å². The molecule has 0 bridgehead atoms. The lowest BCUT2D eigenvalue weighted by molar-refractivity contribution is -0.889. The van der Waals surface area contributed by atoms with E-state index in [-0.39, 0.29) is 49.1 Å². The molecule has 0 saturated heterocycles. The first-order chi connectivity index (χ1) is 23.1. The van der Waals surface area contributed by atoms with Gasteiger partial charge in [-0.25, -0.2) is 0 Å². The van der Waals surface area contributed by atoms with Crippen molar-refractivity contribution < 1.29 is 38.2 Å². The minimum absolute atomic E-state index is 0.0248. The summed E-state index contributed by atoms with van der Waals surface area (Å²) in [6.45, 7) is 4.44. The largest absolute Gasteiger partial charge is 0.544 e. The normalized spacial score (nSPS) is 13.6. The highest BCUT2D eigenvalue weighted by molar-refractivity contribution is 5.70. The maximum absolute atomic E-state index is 12.6. The zero-order chi connectivity index (χ0) is 35.7. The average molecular weight is 676 g/mol. The van der Waals surface area contributed by atoms with Gasteiger partial charge in [0.05, 0.1) is 40.3 Å². The molecule has 0 aliphatic heterocycles. The van der Waals surface area contributed by atoms with Crippen molar-refractivity contribution in [1.29, 1.82) is 0 Å². The number of aliphatic carboxylic acids is 1. The number of allylic oxidation sites excluding steroid dienone is 8. The van der Waals surface area contributed by atoms with E-state index in [0.29, 0.717) is 6.42 Å². The lowest BCUT2D eigenvalue weighted by Crippen LogP contribution is -2.55. The Labute approximate surface area is 293 Å². The fraction of sp³-hybridized carbons (Fsp3) is 0.725. The predicted octanol–water partition coefficient (Wildman–Crippen LogP) is 7.96. The molecule has 0 aromatic heterocycles. The van der Waals surface area contributed by atoms with Gasteiger partial charge in [0.25, 0.3) is 0 Å². The first-order valence-corrected chi connectivity index (χ1v) is 18.7. The summed E-state index contributed by atoms with van der Waals surface area (Å²) < 4.78 is 17.0. The molecule has 0 fully saturated rings. The third kappa shape index (κ3) is 29.4. The molecule has 2 unspecified atom stereocenters. The van der Waals surface area contributed by atoms with Crippen LogP contribution in [0.3, 0.4) is 0 Å². The fourth-order valence-corrected chi connectivity index (χ4v) is 5.00. The number of hydrogen-bond acceptors (Lipinski definition) is 7. The van der Waals surface area contributed by atoms with Gasteiger partial charge in [0.1, 0.15) is 12.6 Å². The van der Waals surface area contributed by atoms with Crippen LogP contribution in [0.1, 0.15) is 136 Å². The maximum atomic E-state index is 12.6. The number of likely N-dealkylation sites (N-methyl/N-ethyl adjacent to an activating group) is 1. The first-order valence-electron chi connectivity index (χ1n) is 18.7. The zero-order valence-electron chi connectivity index (χ0n) is 31.1. The monoisotopic (exact) mass is 676 g/mol. The van der Waals surface area contributed by atoms with Gasteiger partial charge < -0.3 is 28.6 Å². The first kappa shape index (κ1) is 45.3. The molecule has 0 saturated carbocycles. The molecule has 0 amide bonds. The van der Waals surface area contributed by atoms with Gasteiger partial charge in [0.2, 0.25) is 0 Å². The van der Waals surface area contributed by atoms with Crippen LogP contribution >= 0.6 is 0 Å². The highest BCUT2D eigenvalue weighted by Crippen LogP contribution is 2.12. The highest BCUT2D eigenvalue weighted by Gasteiger charge is 2.25. The Morgan fingerprint density at radius 2 is 1.17 bits per heavy atom. The minimum Gasteiger partial charge on any atom is -0.544 e. The van der Waals surface area contributed by atoms with Crippen LogP contribution in [-0.2, 0) is 28.6 Å². The van der Waals surface area contributed by atoms with E-state index in [9.17, 15) is 19.5 Å². The second kappa shape index (κ2) is 31.6. The molecular weight excluding hydrogens is 606 g/mol. The van der Waals surface area contributed by atoms with Gasteiger partial charge in [-0.1, -0.05) is 101 Å². The smallest absolute Gasteiger partial charge is 0.306 e. The average Bonchev–Trinajstić information content (AvgIpc) is 3.03. The number of quaternary nitrogens is 1. The highest BCUT2D eigenvalue weighted by atomic mass is 16.6. The fourth-order valence-electron chi connectivity index (χ4n) is 5.00. The van der Waals surface area contributed by atoms with Gasteiger partial charge in [-0.3, -0.25) is 9.59 Å². The van der Waals surface area contributed by atoms with Crippen LogP contribution in [0.5, 0.6) is 0 Å². The van der Waals surface area contributed by atoms with Crippen molar-refractivity contribution in [3.8, 4) is 0 Å². The molecule has 48 heavy (non-hydrogen) atoms. The summed E-state index contributed by atoms with van der Waals surface area (Å²) >= 11 is 0. The van der Waals surface area contributed by atoms with E-state index in [4.69, 9.17) is 14.2 Å². The second-order valence-corrected chi connectivity index (χ2v) is 13.4. The van der Waals surface area contributed by atoms with E-state index in [1.54, 1.807) is 21.1 Å². The van der Waals surface area contributed by atoms with Crippen molar-refractivity contribution in [2.24, 2.45) is 0 Å². The number of carbonyl (C=O) groups is 3. The standard InChI is InChI=1S/C40H69NO7/c1-6-8-10-12-14-16-18-19-21-23-25-27-29-31-39(43)48-36(34-46-33-32-37(40(44)45)41(3,4)5)35-47-38(42)30-28-26-24-22-20-17-15-13-11-9-7-2/h8,10,13-16,19,21,36-37H,6-7,9,11-12,17-18,20,22-35H2,1-5H3/b10-8-,15-13-,16-14-,21-19-. The van der Waals surface area contributed by atoms with Crippen molar-refractivity contribution in [3.63, 3.8) is 0 Å². The van der Waals surface area contributed by atoms with Gasteiger partial charge >= 0.3 is 11.9 Å². The number of ether oxygens (including phenoxy) is 3. The molecule has 0 aliphatic rings. The third-order valence-electron chi connectivity index (χ3n) is 7.95. The molecule has 0 rings (SSSR count). The lowest BCUT2D eigenvalue weighted by Gasteiger charge is -2.34. The number of carbonyl (C=O) groups excluding carboxylic acids is 3. The Hall–Kier alpha value is -2.71. The Kier molecular flexibility index (Phi) is 29.8. The summed E-state index contributed by atoms with van der Waals surface area (Å²) in [4.78, 5) is 36.6. The Balaban J connectivity index is 4.51. The van der Waals surface area contributed by atoms with E-state index in [2.05, 4.69) is 62.5 Å². The quantitative estimate of drug-likeness (QED) is 0.0309. The van der Waals surface area contributed by atoms with E-state index in [1.165, 1.54) is 25.7 Å². The lowest BCUT2D eigenvalue weighted by atomic mass is 10.1.